The Kier molecular flexibility index (Phi) is 4.38. The second-order valence-electron chi connectivity index (χ2n) is 3.25. The first-order valence-electron chi connectivity index (χ1n) is 4.26. The van der Waals surface area contributed by atoms with Crippen molar-refractivity contribution >= 4 is 7.82 Å². The lowest BCUT2D eigenvalue weighted by atomic mass is 10.0. The molecule has 1 rings (SSSR count). The van der Waals surface area contributed by atoms with Gasteiger partial charge in [-0.3, -0.25) is 4.52 Å². The summed E-state index contributed by atoms with van der Waals surface area (Å²) in [5.74, 6) is 0. The maximum absolute atomic E-state index is 13.2. The molecule has 8 nitrogen and oxygen atoms in total. The number of alkyl halides is 1. The smallest absolute Gasteiger partial charge is 0.394 e. The van der Waals surface area contributed by atoms with Crippen molar-refractivity contribution in [2.75, 3.05) is 6.61 Å². The molecule has 0 aromatic carbocycles. The summed E-state index contributed by atoms with van der Waals surface area (Å²) >= 11 is 0. The van der Waals surface area contributed by atoms with Crippen molar-refractivity contribution in [2.24, 2.45) is 0 Å². The van der Waals surface area contributed by atoms with Crippen LogP contribution in [0.2, 0.25) is 0 Å². The van der Waals surface area contributed by atoms with E-state index in [9.17, 15) is 14.1 Å². The molecule has 1 heterocycles. The molecule has 1 aliphatic rings. The van der Waals surface area contributed by atoms with Crippen LogP contribution in [0.1, 0.15) is 0 Å². The minimum Gasteiger partial charge on any atom is -0.394 e. The standard InChI is InChI=1S/C6H12FO8P/c7-3-5(10)4(9)2(1-8)14-6(3)15-16(11,12)13/h2-6,8-10H,1H2,(H2,11,12,13)/t2-,3+,4+,5-,6+/m1/s1. The van der Waals surface area contributed by atoms with Crippen LogP contribution < -0.4 is 0 Å². The molecule has 5 N–H and O–H groups in total. The Balaban J connectivity index is 2.75. The van der Waals surface area contributed by atoms with E-state index < -0.39 is 45.2 Å². The molecule has 0 amide bonds. The number of phosphoric ester groups is 1. The molecule has 96 valence electrons. The first kappa shape index (κ1) is 13.9. The quantitative estimate of drug-likeness (QED) is 0.364. The molecule has 0 radical (unpaired) electrons. The molecule has 1 aliphatic heterocycles. The van der Waals surface area contributed by atoms with E-state index >= 15 is 0 Å². The minimum absolute atomic E-state index is 0.758. The van der Waals surface area contributed by atoms with Crippen LogP contribution in [-0.4, -0.2) is 62.5 Å². The van der Waals surface area contributed by atoms with Gasteiger partial charge in [0.25, 0.3) is 0 Å². The Hall–Kier alpha value is -0.120. The number of hydrogen-bond acceptors (Lipinski definition) is 6. The zero-order valence-corrected chi connectivity index (χ0v) is 8.77. The van der Waals surface area contributed by atoms with Gasteiger partial charge in [0.05, 0.1) is 6.61 Å². The van der Waals surface area contributed by atoms with Crippen LogP contribution in [0.5, 0.6) is 0 Å². The second-order valence-corrected chi connectivity index (χ2v) is 4.44. The third-order valence-electron chi connectivity index (χ3n) is 2.05. The molecule has 10 heteroatoms. The molecule has 0 bridgehead atoms. The Morgan fingerprint density at radius 1 is 1.31 bits per heavy atom. The van der Waals surface area contributed by atoms with Crippen molar-refractivity contribution in [1.82, 2.24) is 0 Å². The Bertz CT molecular complexity index is 280. The normalized spacial score (nSPS) is 41.0. The minimum atomic E-state index is -4.99. The maximum Gasteiger partial charge on any atom is 0.472 e. The van der Waals surface area contributed by atoms with Crippen molar-refractivity contribution in [3.05, 3.63) is 0 Å². The summed E-state index contributed by atoms with van der Waals surface area (Å²) < 4.78 is 32.2. The van der Waals surface area contributed by atoms with Crippen LogP contribution in [0.25, 0.3) is 0 Å². The van der Waals surface area contributed by atoms with Crippen molar-refractivity contribution in [3.63, 3.8) is 0 Å². The molecule has 1 fully saturated rings. The molecule has 0 unspecified atom stereocenters. The molecule has 1 saturated heterocycles. The van der Waals surface area contributed by atoms with E-state index in [1.54, 1.807) is 0 Å². The van der Waals surface area contributed by atoms with E-state index in [1.807, 2.05) is 0 Å². The molecule has 0 aromatic rings. The van der Waals surface area contributed by atoms with Gasteiger partial charge in [-0.1, -0.05) is 0 Å². The van der Waals surface area contributed by atoms with Gasteiger partial charge in [0.15, 0.2) is 6.17 Å². The molecular weight excluding hydrogens is 250 g/mol. The van der Waals surface area contributed by atoms with Gasteiger partial charge in [-0.25, -0.2) is 8.96 Å². The van der Waals surface area contributed by atoms with Crippen LogP contribution in [0.3, 0.4) is 0 Å². The van der Waals surface area contributed by atoms with Crippen LogP contribution in [0.4, 0.5) is 4.39 Å². The Labute approximate surface area is 89.5 Å². The summed E-state index contributed by atoms with van der Waals surface area (Å²) in [4.78, 5) is 16.9. The van der Waals surface area contributed by atoms with E-state index in [-0.39, 0.29) is 0 Å². The highest BCUT2D eigenvalue weighted by Crippen LogP contribution is 2.41. The molecular formula is C6H12FO8P. The fraction of sp³-hybridized carbons (Fsp3) is 1.00. The second kappa shape index (κ2) is 5.03. The number of phosphoric acid groups is 1. The molecule has 0 saturated carbocycles. The number of halogens is 1. The summed E-state index contributed by atoms with van der Waals surface area (Å²) in [5.41, 5.74) is 0. The first-order valence-corrected chi connectivity index (χ1v) is 5.79. The zero-order valence-electron chi connectivity index (χ0n) is 7.88. The van der Waals surface area contributed by atoms with Crippen LogP contribution in [0, 0.1) is 0 Å². The highest BCUT2D eigenvalue weighted by Gasteiger charge is 2.47. The van der Waals surface area contributed by atoms with Gasteiger partial charge in [-0.15, -0.1) is 0 Å². The molecule has 16 heavy (non-hydrogen) atoms. The van der Waals surface area contributed by atoms with E-state index in [1.165, 1.54) is 0 Å². The lowest BCUT2D eigenvalue weighted by Crippen LogP contribution is -2.57. The number of aliphatic hydroxyl groups is 3. The lowest BCUT2D eigenvalue weighted by Gasteiger charge is -2.38. The summed E-state index contributed by atoms with van der Waals surface area (Å²) in [6.45, 7) is -0.758. The topological polar surface area (TPSA) is 137 Å². The van der Waals surface area contributed by atoms with Gasteiger partial charge >= 0.3 is 7.82 Å². The molecule has 0 aliphatic carbocycles. The SMILES string of the molecule is O=P(O)(O)O[C@@H]1O[C@H](CO)[C@H](O)[C@H](O)[C@@H]1F. The van der Waals surface area contributed by atoms with Crippen molar-refractivity contribution in [2.45, 2.75) is 30.8 Å². The largest absolute Gasteiger partial charge is 0.472 e. The van der Waals surface area contributed by atoms with Crippen LogP contribution in [-0.2, 0) is 13.8 Å². The maximum atomic E-state index is 13.2. The summed E-state index contributed by atoms with van der Waals surface area (Å²) in [7, 11) is -4.99. The van der Waals surface area contributed by atoms with Gasteiger partial charge in [0, 0.05) is 0 Å². The van der Waals surface area contributed by atoms with E-state index in [2.05, 4.69) is 9.26 Å². The van der Waals surface area contributed by atoms with Gasteiger partial charge in [-0.05, 0) is 0 Å². The number of ether oxygens (including phenoxy) is 1. The summed E-state index contributed by atoms with van der Waals surface area (Å²) in [5, 5.41) is 27.1. The molecule has 5 atom stereocenters. The van der Waals surface area contributed by atoms with Gasteiger partial charge < -0.3 is 29.8 Å². The predicted molar refractivity (Wildman–Crippen MR) is 45.8 cm³/mol. The number of rotatable bonds is 3. The highest BCUT2D eigenvalue weighted by molar-refractivity contribution is 7.46. The molecule has 0 aromatic heterocycles. The van der Waals surface area contributed by atoms with Crippen LogP contribution >= 0.6 is 7.82 Å². The number of hydrogen-bond donors (Lipinski definition) is 5. The van der Waals surface area contributed by atoms with Gasteiger partial charge in [-0.2, -0.15) is 0 Å². The van der Waals surface area contributed by atoms with E-state index in [4.69, 9.17) is 20.0 Å². The number of aliphatic hydroxyl groups excluding tert-OH is 3. The average Bonchev–Trinajstić information content (AvgIpc) is 2.17. The van der Waals surface area contributed by atoms with Crippen molar-refractivity contribution in [1.29, 1.82) is 0 Å². The zero-order chi connectivity index (χ0) is 12.5. The first-order chi connectivity index (χ1) is 7.26. The fourth-order valence-corrected chi connectivity index (χ4v) is 1.70. The summed E-state index contributed by atoms with van der Waals surface area (Å²) in [6, 6.07) is 0. The van der Waals surface area contributed by atoms with E-state index in [0.717, 1.165) is 0 Å². The van der Waals surface area contributed by atoms with Gasteiger partial charge in [0.2, 0.25) is 6.29 Å². The monoisotopic (exact) mass is 262 g/mol. The third-order valence-corrected chi connectivity index (χ3v) is 2.53. The highest BCUT2D eigenvalue weighted by atomic mass is 31.2. The van der Waals surface area contributed by atoms with Crippen molar-refractivity contribution in [3.8, 4) is 0 Å². The van der Waals surface area contributed by atoms with Crippen LogP contribution in [0.15, 0.2) is 0 Å². The third kappa shape index (κ3) is 3.19. The Morgan fingerprint density at radius 3 is 2.31 bits per heavy atom. The van der Waals surface area contributed by atoms with E-state index in [0.29, 0.717) is 0 Å². The fourth-order valence-electron chi connectivity index (χ4n) is 1.27. The molecule has 0 spiro atoms. The lowest BCUT2D eigenvalue weighted by molar-refractivity contribution is -0.265. The predicted octanol–water partition coefficient (Wildman–Crippen LogP) is -2.13. The average molecular weight is 262 g/mol. The Morgan fingerprint density at radius 2 is 1.88 bits per heavy atom. The summed E-state index contributed by atoms with van der Waals surface area (Å²) in [6.07, 6.45) is -9.40. The van der Waals surface area contributed by atoms with Crippen molar-refractivity contribution < 1.29 is 43.3 Å². The van der Waals surface area contributed by atoms with Gasteiger partial charge in [0.1, 0.15) is 18.3 Å².